The zero-order valence-electron chi connectivity index (χ0n) is 15.6. The molecule has 0 heterocycles. The van der Waals surface area contributed by atoms with Crippen molar-refractivity contribution in [3.63, 3.8) is 0 Å². The number of rotatable bonds is 8. The first kappa shape index (κ1) is 22.1. The fourth-order valence-electron chi connectivity index (χ4n) is 2.14. The number of hydrazine groups is 1. The summed E-state index contributed by atoms with van der Waals surface area (Å²) in [5.74, 6) is -2.38. The summed E-state index contributed by atoms with van der Waals surface area (Å²) in [5.41, 5.74) is 3.68. The third kappa shape index (κ3) is 6.44. The molecule has 0 saturated heterocycles. The summed E-state index contributed by atoms with van der Waals surface area (Å²) < 4.78 is 22.7. The Balaban J connectivity index is 1.76. The number of nitro benzene ring substituents is 1. The van der Waals surface area contributed by atoms with Gasteiger partial charge in [0.15, 0.2) is 12.4 Å². The van der Waals surface area contributed by atoms with E-state index in [0.717, 1.165) is 18.2 Å². The van der Waals surface area contributed by atoms with Gasteiger partial charge in [-0.2, -0.15) is 0 Å². The summed E-state index contributed by atoms with van der Waals surface area (Å²) in [6, 6.07) is 8.56. The lowest BCUT2D eigenvalue weighted by Crippen LogP contribution is -2.47. The van der Waals surface area contributed by atoms with E-state index in [9.17, 15) is 28.9 Å². The van der Waals surface area contributed by atoms with Crippen molar-refractivity contribution in [2.75, 3.05) is 20.3 Å². The minimum atomic E-state index is -0.749. The van der Waals surface area contributed by atoms with Crippen molar-refractivity contribution in [3.05, 3.63) is 64.0 Å². The highest BCUT2D eigenvalue weighted by Gasteiger charge is 2.18. The van der Waals surface area contributed by atoms with Crippen molar-refractivity contribution in [2.45, 2.75) is 0 Å². The average molecular weight is 420 g/mol. The number of nitro groups is 1. The molecule has 0 aliphatic carbocycles. The Labute approximate surface area is 169 Å². The second-order valence-electron chi connectivity index (χ2n) is 5.67. The third-order valence-electron chi connectivity index (χ3n) is 3.57. The van der Waals surface area contributed by atoms with Crippen LogP contribution in [-0.4, -0.2) is 42.9 Å². The first-order valence-electron chi connectivity index (χ1n) is 8.37. The lowest BCUT2D eigenvalue weighted by Gasteiger charge is -2.10. The molecule has 0 saturated carbocycles. The maximum atomic E-state index is 12.8. The molecule has 11 nitrogen and oxygen atoms in total. The van der Waals surface area contributed by atoms with Crippen LogP contribution in [0.2, 0.25) is 0 Å². The minimum Gasteiger partial charge on any atom is -0.490 e. The molecule has 0 spiro atoms. The van der Waals surface area contributed by atoms with Crippen molar-refractivity contribution in [3.8, 4) is 11.5 Å². The molecule has 0 atom stereocenters. The molecule has 3 N–H and O–H groups in total. The predicted octanol–water partition coefficient (Wildman–Crippen LogP) is 0.699. The molecule has 0 aromatic heterocycles. The summed E-state index contributed by atoms with van der Waals surface area (Å²) in [6.45, 7) is -0.939. The predicted molar refractivity (Wildman–Crippen MR) is 100 cm³/mol. The van der Waals surface area contributed by atoms with Gasteiger partial charge in [-0.3, -0.25) is 35.3 Å². The average Bonchev–Trinajstić information content (AvgIpc) is 2.75. The monoisotopic (exact) mass is 420 g/mol. The number of ether oxygens (including phenoxy) is 2. The smallest absolute Gasteiger partial charge is 0.311 e. The molecule has 3 amide bonds. The number of halogens is 1. The molecule has 12 heteroatoms. The molecular formula is C18H17FN4O7. The number of carbonyl (C=O) groups excluding carboxylic acids is 3. The maximum absolute atomic E-state index is 12.8. The molecule has 2 aromatic carbocycles. The van der Waals surface area contributed by atoms with Gasteiger partial charge in [-0.05, 0) is 36.4 Å². The maximum Gasteiger partial charge on any atom is 0.311 e. The van der Waals surface area contributed by atoms with Gasteiger partial charge in [0.1, 0.15) is 11.6 Å². The van der Waals surface area contributed by atoms with Crippen LogP contribution in [-0.2, 0) is 9.59 Å². The Hall–Kier alpha value is -4.22. The summed E-state index contributed by atoms with van der Waals surface area (Å²) in [7, 11) is 1.26. The molecule has 0 unspecified atom stereocenters. The van der Waals surface area contributed by atoms with Crippen molar-refractivity contribution in [1.82, 2.24) is 16.2 Å². The van der Waals surface area contributed by atoms with E-state index in [0.29, 0.717) is 0 Å². The van der Waals surface area contributed by atoms with Crippen LogP contribution in [0.25, 0.3) is 0 Å². The quantitative estimate of drug-likeness (QED) is 0.420. The molecule has 0 aliphatic heterocycles. The van der Waals surface area contributed by atoms with Gasteiger partial charge in [-0.25, -0.2) is 4.39 Å². The van der Waals surface area contributed by atoms with Crippen LogP contribution in [0.1, 0.15) is 10.4 Å². The molecule has 0 aliphatic rings. The number of hydrogen-bond acceptors (Lipinski definition) is 7. The summed E-state index contributed by atoms with van der Waals surface area (Å²) in [4.78, 5) is 45.7. The zero-order chi connectivity index (χ0) is 22.1. The Morgan fingerprint density at radius 1 is 1.07 bits per heavy atom. The second kappa shape index (κ2) is 10.4. The van der Waals surface area contributed by atoms with Gasteiger partial charge in [0.25, 0.3) is 17.7 Å². The Morgan fingerprint density at radius 2 is 1.73 bits per heavy atom. The van der Waals surface area contributed by atoms with Gasteiger partial charge in [0.2, 0.25) is 0 Å². The molecule has 0 fully saturated rings. The van der Waals surface area contributed by atoms with E-state index in [-0.39, 0.29) is 17.1 Å². The first-order chi connectivity index (χ1) is 14.3. The number of carbonyl (C=O) groups is 3. The Kier molecular flexibility index (Phi) is 7.62. The van der Waals surface area contributed by atoms with E-state index in [4.69, 9.17) is 9.47 Å². The molecular weight excluding hydrogens is 403 g/mol. The fraction of sp³-hybridized carbons (Fsp3) is 0.167. The van der Waals surface area contributed by atoms with Gasteiger partial charge in [0.05, 0.1) is 18.6 Å². The van der Waals surface area contributed by atoms with Crippen LogP contribution in [0.15, 0.2) is 42.5 Å². The minimum absolute atomic E-state index is 0.0140. The number of amides is 3. The van der Waals surface area contributed by atoms with Crippen LogP contribution in [0.3, 0.4) is 0 Å². The van der Waals surface area contributed by atoms with Crippen LogP contribution >= 0.6 is 0 Å². The summed E-state index contributed by atoms with van der Waals surface area (Å²) in [5, 5.41) is 13.2. The van der Waals surface area contributed by atoms with Crippen molar-refractivity contribution in [2.24, 2.45) is 0 Å². The molecule has 30 heavy (non-hydrogen) atoms. The highest BCUT2D eigenvalue weighted by Crippen LogP contribution is 2.27. The molecule has 158 valence electrons. The molecule has 2 aromatic rings. The largest absolute Gasteiger partial charge is 0.490 e. The van der Waals surface area contributed by atoms with Crippen LogP contribution in [0, 0.1) is 15.9 Å². The highest BCUT2D eigenvalue weighted by molar-refractivity contribution is 5.97. The second-order valence-corrected chi connectivity index (χ2v) is 5.67. The van der Waals surface area contributed by atoms with E-state index in [1.54, 1.807) is 0 Å². The van der Waals surface area contributed by atoms with E-state index >= 15 is 0 Å². The van der Waals surface area contributed by atoms with Crippen LogP contribution in [0.4, 0.5) is 10.1 Å². The van der Waals surface area contributed by atoms with E-state index < -0.39 is 47.3 Å². The van der Waals surface area contributed by atoms with E-state index in [1.807, 2.05) is 0 Å². The normalized spacial score (nSPS) is 9.93. The van der Waals surface area contributed by atoms with Gasteiger partial charge in [0, 0.05) is 11.6 Å². The molecule has 2 rings (SSSR count). The lowest BCUT2D eigenvalue weighted by molar-refractivity contribution is -0.385. The van der Waals surface area contributed by atoms with Crippen LogP contribution < -0.4 is 25.6 Å². The third-order valence-corrected chi connectivity index (χ3v) is 3.57. The first-order valence-corrected chi connectivity index (χ1v) is 8.37. The van der Waals surface area contributed by atoms with Gasteiger partial charge in [-0.1, -0.05) is 0 Å². The lowest BCUT2D eigenvalue weighted by atomic mass is 10.1. The summed E-state index contributed by atoms with van der Waals surface area (Å²) >= 11 is 0. The molecule has 0 bridgehead atoms. The zero-order valence-corrected chi connectivity index (χ0v) is 15.6. The number of hydrogen-bond donors (Lipinski definition) is 3. The van der Waals surface area contributed by atoms with E-state index in [2.05, 4.69) is 16.2 Å². The van der Waals surface area contributed by atoms with Crippen molar-refractivity contribution in [1.29, 1.82) is 0 Å². The fourth-order valence-corrected chi connectivity index (χ4v) is 2.14. The van der Waals surface area contributed by atoms with E-state index in [1.165, 1.54) is 31.4 Å². The topological polar surface area (TPSA) is 149 Å². The van der Waals surface area contributed by atoms with Gasteiger partial charge in [-0.15, -0.1) is 0 Å². The highest BCUT2D eigenvalue weighted by atomic mass is 19.1. The van der Waals surface area contributed by atoms with Crippen molar-refractivity contribution >= 4 is 23.4 Å². The van der Waals surface area contributed by atoms with Crippen molar-refractivity contribution < 1.29 is 33.2 Å². The van der Waals surface area contributed by atoms with Crippen LogP contribution in [0.5, 0.6) is 11.5 Å². The SMILES string of the molecule is COc1ccc(C(=O)NCC(=O)NNC(=O)COc2ccc(F)cc2)cc1[N+](=O)[O-]. The summed E-state index contributed by atoms with van der Waals surface area (Å²) in [6.07, 6.45) is 0. The Morgan fingerprint density at radius 3 is 2.37 bits per heavy atom. The van der Waals surface area contributed by atoms with Gasteiger partial charge < -0.3 is 14.8 Å². The number of nitrogens with one attached hydrogen (secondary N) is 3. The standard InChI is InChI=1S/C18H17FN4O7/c1-29-15-7-2-11(8-14(15)23(27)28)18(26)20-9-16(24)21-22-17(25)10-30-13-5-3-12(19)4-6-13/h2-8H,9-10H2,1H3,(H,20,26)(H,21,24)(H,22,25). The van der Waals surface area contributed by atoms with Gasteiger partial charge >= 0.3 is 5.69 Å². The number of benzene rings is 2. The molecule has 0 radical (unpaired) electrons. The Bertz CT molecular complexity index is 950. The number of nitrogens with zero attached hydrogens (tertiary/aromatic N) is 1. The number of methoxy groups -OCH3 is 1.